The van der Waals surface area contributed by atoms with Crippen LogP contribution < -0.4 is 5.01 Å². The summed E-state index contributed by atoms with van der Waals surface area (Å²) in [6.45, 7) is 1.33. The molecule has 4 rings (SSSR count). The molecular weight excluding hydrogens is 821 g/mol. The molecule has 0 saturated carbocycles. The Morgan fingerprint density at radius 1 is 0.909 bits per heavy atom. The second-order valence-electron chi connectivity index (χ2n) is 9.84. The van der Waals surface area contributed by atoms with Crippen molar-refractivity contribution < 1.29 is 84.5 Å². The van der Waals surface area contributed by atoms with Gasteiger partial charge >= 0.3 is 5.97 Å². The molecule has 2 aromatic carbocycles. The van der Waals surface area contributed by atoms with Crippen LogP contribution in [0.25, 0.3) is 11.8 Å². The first-order valence-corrected chi connectivity index (χ1v) is 18.6. The Morgan fingerprint density at radius 2 is 1.49 bits per heavy atom. The summed E-state index contributed by atoms with van der Waals surface area (Å²) in [5.41, 5.74) is -3.12. The summed E-state index contributed by atoms with van der Waals surface area (Å²) in [4.78, 5) is 37.5. The van der Waals surface area contributed by atoms with Gasteiger partial charge in [-0.05, 0) is 55.5 Å². The van der Waals surface area contributed by atoms with Gasteiger partial charge in [0.05, 0.1) is 53.2 Å². The van der Waals surface area contributed by atoms with E-state index in [4.69, 9.17) is 20.4 Å². The summed E-state index contributed by atoms with van der Waals surface area (Å²) in [5, 5.41) is 52.3. The third-order valence-corrected chi connectivity index (χ3v) is 9.52. The molecule has 1 aliphatic heterocycles. The topological polar surface area (TPSA) is 320 Å². The monoisotopic (exact) mass is 842 g/mol. The van der Waals surface area contributed by atoms with Gasteiger partial charge in [0.25, 0.3) is 31.9 Å². The van der Waals surface area contributed by atoms with Crippen molar-refractivity contribution in [1.29, 1.82) is 0 Å². The molecule has 6 N–H and O–H groups in total. The number of hydrogen-bond acceptors (Lipinski definition) is 20. The van der Waals surface area contributed by atoms with Crippen LogP contribution in [0.15, 0.2) is 91.0 Å². The number of ether oxygens (including phenoxy) is 1. The number of carbonyl (C=O) groups excluding carboxylic acids is 3. The number of aromatic nitrogens is 2. The SMILES string of the molecule is CCOC(=O)c1nn(-c2cc(SOOO)ccc2S(=O)(=O)O)c(O)c1C=CC=C/C=C1\C(=O)N(c2cc(SOOO)ccc2S(=O)(=O)O)N=C1C(=O)C#CO. The highest BCUT2D eigenvalue weighted by Gasteiger charge is 2.37. The minimum Gasteiger partial charge on any atom is -0.493 e. The van der Waals surface area contributed by atoms with Crippen LogP contribution in [0.4, 0.5) is 5.69 Å². The van der Waals surface area contributed by atoms with Crippen molar-refractivity contribution in [2.75, 3.05) is 11.6 Å². The molecule has 2 heterocycles. The quantitative estimate of drug-likeness (QED) is 0.0176. The van der Waals surface area contributed by atoms with Crippen molar-refractivity contribution in [2.45, 2.75) is 26.5 Å². The summed E-state index contributed by atoms with van der Waals surface area (Å²) in [5.74, 6) is -2.45. The van der Waals surface area contributed by atoms with Crippen LogP contribution in [0.2, 0.25) is 0 Å². The van der Waals surface area contributed by atoms with Crippen LogP contribution in [0.5, 0.6) is 5.88 Å². The molecule has 0 aliphatic carbocycles. The van der Waals surface area contributed by atoms with Gasteiger partial charge in [-0.3, -0.25) is 18.7 Å². The van der Waals surface area contributed by atoms with E-state index in [2.05, 4.69) is 28.9 Å². The number of esters is 1. The number of Topliss-reactive ketones (excluding diaryl/α,β-unsaturated/α-hetero) is 1. The summed E-state index contributed by atoms with van der Waals surface area (Å²) in [6, 6.07) is 6.05. The second kappa shape index (κ2) is 18.3. The third kappa shape index (κ3) is 10.0. The van der Waals surface area contributed by atoms with E-state index in [9.17, 15) is 45.4 Å². The minimum absolute atomic E-state index is 0.0184. The van der Waals surface area contributed by atoms with E-state index in [-0.39, 0.29) is 22.0 Å². The van der Waals surface area contributed by atoms with Crippen molar-refractivity contribution in [1.82, 2.24) is 9.78 Å². The van der Waals surface area contributed by atoms with E-state index in [1.54, 1.807) is 5.92 Å². The molecule has 3 aromatic rings. The van der Waals surface area contributed by atoms with Crippen LogP contribution in [0, 0.1) is 12.0 Å². The molecule has 22 nitrogen and oxygen atoms in total. The molecule has 290 valence electrons. The van der Waals surface area contributed by atoms with Crippen LogP contribution in [0.3, 0.4) is 0 Å². The van der Waals surface area contributed by atoms with E-state index in [1.165, 1.54) is 25.2 Å². The number of aromatic hydroxyl groups is 1. The van der Waals surface area contributed by atoms with Gasteiger partial charge in [0, 0.05) is 15.7 Å². The largest absolute Gasteiger partial charge is 0.493 e. The lowest BCUT2D eigenvalue weighted by molar-refractivity contribution is -0.432. The zero-order valence-electron chi connectivity index (χ0n) is 27.1. The minimum atomic E-state index is -5.01. The number of carbonyl (C=O) groups is 3. The maximum absolute atomic E-state index is 13.5. The summed E-state index contributed by atoms with van der Waals surface area (Å²) in [6.07, 6.45) is 7.03. The summed E-state index contributed by atoms with van der Waals surface area (Å²) in [7, 11) is -9.97. The molecule has 0 saturated heterocycles. The Kier molecular flexibility index (Phi) is 14.1. The summed E-state index contributed by atoms with van der Waals surface area (Å²) < 4.78 is 82.4. The number of hydrazone groups is 1. The van der Waals surface area contributed by atoms with Crippen LogP contribution >= 0.6 is 24.1 Å². The van der Waals surface area contributed by atoms with Crippen molar-refractivity contribution in [3.05, 3.63) is 77.5 Å². The fourth-order valence-electron chi connectivity index (χ4n) is 4.44. The van der Waals surface area contributed by atoms with Crippen molar-refractivity contribution >= 4 is 79.5 Å². The Morgan fingerprint density at radius 3 is 2.04 bits per heavy atom. The highest BCUT2D eigenvalue weighted by atomic mass is 32.2. The highest BCUT2D eigenvalue weighted by molar-refractivity contribution is 7.94. The van der Waals surface area contributed by atoms with Crippen molar-refractivity contribution in [3.63, 3.8) is 0 Å². The van der Waals surface area contributed by atoms with Gasteiger partial charge in [-0.15, -0.1) is 8.67 Å². The maximum Gasteiger partial charge on any atom is 0.359 e. The number of allylic oxidation sites excluding steroid dienone is 4. The van der Waals surface area contributed by atoms with Crippen LogP contribution in [0.1, 0.15) is 23.0 Å². The number of amides is 1. The predicted octanol–water partition coefficient (Wildman–Crippen LogP) is 2.91. The average Bonchev–Trinajstić information content (AvgIpc) is 3.64. The number of aliphatic hydroxyl groups is 1. The normalized spacial score (nSPS) is 14.1. The van der Waals surface area contributed by atoms with Crippen LogP contribution in [-0.2, 0) is 53.3 Å². The Hall–Kier alpha value is -5.41. The third-order valence-electron chi connectivity index (χ3n) is 6.57. The number of hydrogen-bond donors (Lipinski definition) is 6. The van der Waals surface area contributed by atoms with E-state index in [1.807, 2.05) is 0 Å². The molecule has 0 bridgehead atoms. The van der Waals surface area contributed by atoms with E-state index >= 15 is 0 Å². The lowest BCUT2D eigenvalue weighted by Crippen LogP contribution is -2.24. The van der Waals surface area contributed by atoms with Gasteiger partial charge in [-0.25, -0.2) is 15.3 Å². The van der Waals surface area contributed by atoms with Gasteiger partial charge in [0.1, 0.15) is 15.9 Å². The highest BCUT2D eigenvalue weighted by Crippen LogP contribution is 2.35. The average molecular weight is 843 g/mol. The van der Waals surface area contributed by atoms with Gasteiger partial charge in [-0.1, -0.05) is 28.3 Å². The molecule has 1 aromatic heterocycles. The number of benzene rings is 2. The number of rotatable bonds is 16. The van der Waals surface area contributed by atoms with Crippen LogP contribution in [-0.4, -0.2) is 86.4 Å². The van der Waals surface area contributed by atoms with Crippen molar-refractivity contribution in [3.8, 4) is 23.6 Å². The number of nitrogens with zero attached hydrogens (tertiary/aromatic N) is 4. The zero-order valence-corrected chi connectivity index (χ0v) is 30.3. The lowest BCUT2D eigenvalue weighted by atomic mass is 10.1. The van der Waals surface area contributed by atoms with Gasteiger partial charge < -0.3 is 14.9 Å². The standard InChI is InChI=1S/C29H22N4O18S4/c1-2-47-29(38)26-19(28(37)33(31-26)21-15-17(53-51-49-40)9-11-24(21)55(44,45)46)7-5-3-4-6-18-25(22(35)12-13-34)30-32(27(18)36)20-14-16(52-50-48-39)8-10-23(20)54(41,42)43/h3-11,14-15,34,37,39-40H,2H2,1H3,(H,41,42,43)(H,44,45,46)/b4-3?,7-5?,18-6-. The Balaban J connectivity index is 1.77. The molecule has 0 unspecified atom stereocenters. The number of ketones is 1. The zero-order chi connectivity index (χ0) is 40.5. The van der Waals surface area contributed by atoms with Crippen molar-refractivity contribution in [2.24, 2.45) is 5.10 Å². The first kappa shape index (κ1) is 42.3. The molecule has 1 aliphatic rings. The molecular formula is C29H22N4O18S4. The molecule has 0 radical (unpaired) electrons. The molecule has 26 heteroatoms. The lowest BCUT2D eigenvalue weighted by Gasteiger charge is -2.15. The fraction of sp³-hybridized carbons (Fsp3) is 0.0690. The summed E-state index contributed by atoms with van der Waals surface area (Å²) >= 11 is 0.752. The Bertz CT molecular complexity index is 2430. The van der Waals surface area contributed by atoms with Gasteiger partial charge in [-0.2, -0.15) is 36.7 Å². The molecule has 1 amide bonds. The predicted molar refractivity (Wildman–Crippen MR) is 184 cm³/mol. The second-order valence-corrected chi connectivity index (χ2v) is 14.2. The van der Waals surface area contributed by atoms with Gasteiger partial charge in [0.15, 0.2) is 11.4 Å². The number of aliphatic hydroxyl groups excluding tert-OH is 1. The molecule has 0 spiro atoms. The van der Waals surface area contributed by atoms with E-state index in [0.717, 1.165) is 54.6 Å². The van der Waals surface area contributed by atoms with E-state index in [0.29, 0.717) is 33.8 Å². The Labute approximate surface area is 317 Å². The first-order valence-electron chi connectivity index (χ1n) is 14.3. The number of anilines is 1. The fourth-order valence-corrected chi connectivity index (χ4v) is 6.52. The molecule has 55 heavy (non-hydrogen) atoms. The van der Waals surface area contributed by atoms with E-state index < -0.39 is 81.9 Å². The first-order chi connectivity index (χ1) is 26.1. The smallest absolute Gasteiger partial charge is 0.359 e. The van der Waals surface area contributed by atoms with Gasteiger partial charge in [0.2, 0.25) is 5.88 Å². The molecule has 0 fully saturated rings. The molecule has 0 atom stereocenters. The maximum atomic E-state index is 13.5.